The molecule has 3 heterocycles. The van der Waals surface area contributed by atoms with Crippen LogP contribution >= 0.6 is 0 Å². The van der Waals surface area contributed by atoms with Gasteiger partial charge in [-0.25, -0.2) is 19.2 Å². The Morgan fingerprint density at radius 1 is 1.22 bits per heavy atom. The topological polar surface area (TPSA) is 103 Å². The minimum absolute atomic E-state index is 0.0586. The summed E-state index contributed by atoms with van der Waals surface area (Å²) >= 11 is 0. The summed E-state index contributed by atoms with van der Waals surface area (Å²) in [5, 5.41) is 2.76. The number of methoxy groups -OCH3 is 1. The number of aryl methyl sites for hydroxylation is 1. The smallest absolute Gasteiger partial charge is 0.328 e. The summed E-state index contributed by atoms with van der Waals surface area (Å²) in [4.78, 5) is 34.4. The number of hydrogen-bond acceptors (Lipinski definition) is 7. The molecule has 0 fully saturated rings. The molecule has 0 bridgehead atoms. The van der Waals surface area contributed by atoms with E-state index in [4.69, 9.17) is 14.2 Å². The minimum Gasteiger partial charge on any atom is -0.494 e. The van der Waals surface area contributed by atoms with Crippen LogP contribution in [0.25, 0.3) is 0 Å². The molecule has 1 aromatic carbocycles. The number of halogens is 1. The molecule has 0 saturated carbocycles. The lowest BCUT2D eigenvalue weighted by atomic mass is 10.0. The maximum Gasteiger partial charge on any atom is 0.328 e. The van der Waals surface area contributed by atoms with Gasteiger partial charge in [-0.1, -0.05) is 0 Å². The highest BCUT2D eigenvalue weighted by Crippen LogP contribution is 2.33. The molecule has 1 N–H and O–H groups in total. The molecule has 0 spiro atoms. The van der Waals surface area contributed by atoms with Gasteiger partial charge in [-0.05, 0) is 62.9 Å². The van der Waals surface area contributed by atoms with E-state index < -0.39 is 11.8 Å². The largest absolute Gasteiger partial charge is 0.494 e. The van der Waals surface area contributed by atoms with Crippen molar-refractivity contribution in [1.82, 2.24) is 9.97 Å². The van der Waals surface area contributed by atoms with Crippen molar-refractivity contribution < 1.29 is 28.2 Å². The molecule has 1 aliphatic heterocycles. The fourth-order valence-electron chi connectivity index (χ4n) is 4.27. The van der Waals surface area contributed by atoms with Crippen LogP contribution in [0.3, 0.4) is 0 Å². The fraction of sp³-hybridized carbons (Fsp3) is 0.333. The zero-order valence-corrected chi connectivity index (χ0v) is 21.3. The molecule has 0 radical (unpaired) electrons. The second-order valence-electron chi connectivity index (χ2n) is 8.56. The maximum atomic E-state index is 14.9. The number of amides is 2. The summed E-state index contributed by atoms with van der Waals surface area (Å²) in [6.07, 6.45) is 3.70. The molecule has 0 atom stereocenters. The number of aromatic nitrogens is 2. The Kier molecular flexibility index (Phi) is 7.86. The average molecular weight is 509 g/mol. The van der Waals surface area contributed by atoms with Crippen molar-refractivity contribution in [2.45, 2.75) is 40.2 Å². The Morgan fingerprint density at radius 3 is 2.70 bits per heavy atom. The van der Waals surface area contributed by atoms with E-state index in [0.717, 1.165) is 24.0 Å². The first-order valence-corrected chi connectivity index (χ1v) is 12.0. The van der Waals surface area contributed by atoms with Crippen molar-refractivity contribution >= 4 is 24.0 Å². The van der Waals surface area contributed by atoms with E-state index in [2.05, 4.69) is 15.3 Å². The van der Waals surface area contributed by atoms with E-state index in [9.17, 15) is 14.0 Å². The Bertz CT molecular complexity index is 1310. The summed E-state index contributed by atoms with van der Waals surface area (Å²) in [6.45, 7) is 6.37. The number of anilines is 2. The number of hydrogen-bond donors (Lipinski definition) is 1. The third-order valence-corrected chi connectivity index (χ3v) is 6.22. The molecule has 2 aromatic heterocycles. The zero-order chi connectivity index (χ0) is 26.5. The van der Waals surface area contributed by atoms with E-state index in [-0.39, 0.29) is 18.1 Å². The summed E-state index contributed by atoms with van der Waals surface area (Å²) in [7, 11) is 1.39. The van der Waals surface area contributed by atoms with Gasteiger partial charge in [0.2, 0.25) is 0 Å². The highest BCUT2D eigenvalue weighted by atomic mass is 19.1. The lowest BCUT2D eigenvalue weighted by molar-refractivity contribution is 0.111. The Balaban J connectivity index is 1.45. The lowest BCUT2D eigenvalue weighted by Gasteiger charge is -2.29. The summed E-state index contributed by atoms with van der Waals surface area (Å²) in [5.41, 5.74) is 3.12. The SMILES string of the molecule is CCOc1cc(OC)c(F)c(COc2ccc(NC(=O)N3CCCc4c(C)cc(C=O)nc43)nc2)c1C. The lowest BCUT2D eigenvalue weighted by Crippen LogP contribution is -2.40. The number of ether oxygens (including phenoxy) is 3. The first-order chi connectivity index (χ1) is 17.9. The Morgan fingerprint density at radius 2 is 2.03 bits per heavy atom. The van der Waals surface area contributed by atoms with Gasteiger partial charge in [-0.3, -0.25) is 15.0 Å². The van der Waals surface area contributed by atoms with Crippen molar-refractivity contribution in [3.63, 3.8) is 0 Å². The van der Waals surface area contributed by atoms with Gasteiger partial charge in [0.15, 0.2) is 17.9 Å². The Labute approximate surface area is 214 Å². The summed E-state index contributed by atoms with van der Waals surface area (Å²) in [5.74, 6) is 1.30. The van der Waals surface area contributed by atoms with Crippen LogP contribution in [0.15, 0.2) is 30.5 Å². The molecule has 2 amide bonds. The second-order valence-corrected chi connectivity index (χ2v) is 8.56. The van der Waals surface area contributed by atoms with Gasteiger partial charge in [0.1, 0.15) is 35.4 Å². The molecule has 0 unspecified atom stereocenters. The van der Waals surface area contributed by atoms with Gasteiger partial charge in [-0.2, -0.15) is 0 Å². The standard InChI is InChI=1S/C27H29FN4O5/c1-5-36-22-12-23(35-4)25(28)21(17(22)3)15-37-19-8-9-24(29-13-19)31-27(34)32-10-6-7-20-16(2)11-18(14-33)30-26(20)32/h8-9,11-14H,5-7,10,15H2,1-4H3,(H,29,31,34). The van der Waals surface area contributed by atoms with E-state index >= 15 is 0 Å². The number of carbonyl (C=O) groups excluding carboxylic acids is 2. The number of aldehydes is 1. The minimum atomic E-state index is -0.510. The predicted octanol–water partition coefficient (Wildman–Crippen LogP) is 5.02. The predicted molar refractivity (Wildman–Crippen MR) is 136 cm³/mol. The van der Waals surface area contributed by atoms with Crippen LogP contribution in [0.2, 0.25) is 0 Å². The Hall–Kier alpha value is -4.21. The molecule has 37 heavy (non-hydrogen) atoms. The van der Waals surface area contributed by atoms with Crippen molar-refractivity contribution in [3.05, 3.63) is 64.2 Å². The van der Waals surface area contributed by atoms with E-state index in [0.29, 0.717) is 53.7 Å². The van der Waals surface area contributed by atoms with Crippen LogP contribution in [0.4, 0.5) is 20.8 Å². The average Bonchev–Trinajstić information content (AvgIpc) is 2.90. The number of benzene rings is 1. The number of pyridine rings is 2. The molecule has 194 valence electrons. The second kappa shape index (κ2) is 11.2. The van der Waals surface area contributed by atoms with Crippen LogP contribution in [0.1, 0.15) is 46.1 Å². The number of nitrogens with zero attached hydrogens (tertiary/aromatic N) is 3. The van der Waals surface area contributed by atoms with Gasteiger partial charge in [0.05, 0.1) is 19.9 Å². The fourth-order valence-corrected chi connectivity index (χ4v) is 4.27. The highest BCUT2D eigenvalue weighted by molar-refractivity contribution is 6.01. The van der Waals surface area contributed by atoms with Crippen molar-refractivity contribution in [1.29, 1.82) is 0 Å². The van der Waals surface area contributed by atoms with Crippen LogP contribution in [-0.2, 0) is 13.0 Å². The number of urea groups is 1. The van der Waals surface area contributed by atoms with Crippen molar-refractivity contribution in [2.75, 3.05) is 30.5 Å². The molecule has 4 rings (SSSR count). The molecule has 3 aromatic rings. The summed E-state index contributed by atoms with van der Waals surface area (Å²) in [6, 6.07) is 6.09. The third-order valence-electron chi connectivity index (χ3n) is 6.22. The molecular formula is C27H29FN4O5. The number of carbonyl (C=O) groups is 2. The van der Waals surface area contributed by atoms with Crippen LogP contribution < -0.4 is 24.4 Å². The first kappa shape index (κ1) is 25.9. The van der Waals surface area contributed by atoms with Gasteiger partial charge in [-0.15, -0.1) is 0 Å². The number of rotatable bonds is 8. The highest BCUT2D eigenvalue weighted by Gasteiger charge is 2.26. The van der Waals surface area contributed by atoms with Crippen molar-refractivity contribution in [3.8, 4) is 17.2 Å². The molecule has 9 nitrogen and oxygen atoms in total. The first-order valence-electron chi connectivity index (χ1n) is 12.0. The summed E-state index contributed by atoms with van der Waals surface area (Å²) < 4.78 is 31.4. The van der Waals surface area contributed by atoms with Crippen molar-refractivity contribution in [2.24, 2.45) is 0 Å². The van der Waals surface area contributed by atoms with Crippen LogP contribution in [-0.4, -0.2) is 42.5 Å². The van der Waals surface area contributed by atoms with Gasteiger partial charge in [0.25, 0.3) is 0 Å². The van der Waals surface area contributed by atoms with Crippen LogP contribution in [0, 0.1) is 19.7 Å². The van der Waals surface area contributed by atoms with E-state index in [1.165, 1.54) is 24.3 Å². The van der Waals surface area contributed by atoms with Gasteiger partial charge in [0, 0.05) is 23.7 Å². The van der Waals surface area contributed by atoms with Gasteiger partial charge >= 0.3 is 6.03 Å². The quantitative estimate of drug-likeness (QED) is 0.427. The molecule has 10 heteroatoms. The zero-order valence-electron chi connectivity index (χ0n) is 21.3. The van der Waals surface area contributed by atoms with Crippen LogP contribution in [0.5, 0.6) is 17.2 Å². The third kappa shape index (κ3) is 5.47. The normalized spacial score (nSPS) is 12.5. The molecule has 1 aliphatic rings. The molecule has 0 saturated heterocycles. The number of nitrogens with one attached hydrogen (secondary N) is 1. The molecule has 0 aliphatic carbocycles. The number of fused-ring (bicyclic) bond motifs is 1. The molecular weight excluding hydrogens is 479 g/mol. The van der Waals surface area contributed by atoms with Gasteiger partial charge < -0.3 is 14.2 Å². The maximum absolute atomic E-state index is 14.9. The monoisotopic (exact) mass is 508 g/mol. The van der Waals surface area contributed by atoms with E-state index in [1.807, 2.05) is 13.8 Å². The van der Waals surface area contributed by atoms with E-state index in [1.54, 1.807) is 25.1 Å².